The van der Waals surface area contributed by atoms with Gasteiger partial charge in [0.1, 0.15) is 0 Å². The molecule has 1 aliphatic rings. The van der Waals surface area contributed by atoms with Crippen LogP contribution in [0.3, 0.4) is 0 Å². The predicted molar refractivity (Wildman–Crippen MR) is 109 cm³/mol. The monoisotopic (exact) mass is 404 g/mol. The number of carbonyl (C=O) groups excluding carboxylic acids is 3. The number of furan rings is 1. The van der Waals surface area contributed by atoms with Gasteiger partial charge < -0.3 is 19.8 Å². The maximum absolute atomic E-state index is 12.6. The Labute approximate surface area is 173 Å². The Morgan fingerprint density at radius 3 is 2.30 bits per heavy atom. The maximum atomic E-state index is 12.6. The van der Waals surface area contributed by atoms with Crippen molar-refractivity contribution >= 4 is 23.5 Å². The van der Waals surface area contributed by atoms with Gasteiger partial charge >= 0.3 is 5.97 Å². The van der Waals surface area contributed by atoms with Crippen molar-refractivity contribution in [2.75, 3.05) is 5.32 Å². The van der Waals surface area contributed by atoms with E-state index in [9.17, 15) is 14.4 Å². The zero-order chi connectivity index (χ0) is 20.9. The predicted octanol–water partition coefficient (Wildman–Crippen LogP) is 3.71. The van der Waals surface area contributed by atoms with E-state index >= 15 is 0 Å². The van der Waals surface area contributed by atoms with Gasteiger partial charge in [-0.3, -0.25) is 9.59 Å². The lowest BCUT2D eigenvalue weighted by Crippen LogP contribution is -2.33. The first-order valence-electron chi connectivity index (χ1n) is 9.61. The molecular formula is C23H20N2O5. The average Bonchev–Trinajstić information content (AvgIpc) is 3.40. The number of esters is 1. The minimum absolute atomic E-state index is 0.152. The highest BCUT2D eigenvalue weighted by molar-refractivity contribution is 6.02. The van der Waals surface area contributed by atoms with Crippen LogP contribution in [0.15, 0.2) is 77.4 Å². The summed E-state index contributed by atoms with van der Waals surface area (Å²) in [5, 5.41) is 5.56. The molecule has 1 saturated carbocycles. The summed E-state index contributed by atoms with van der Waals surface area (Å²) in [6.45, 7) is 0. The molecule has 1 aliphatic carbocycles. The van der Waals surface area contributed by atoms with Gasteiger partial charge in [0.2, 0.25) is 6.10 Å². The molecule has 1 fully saturated rings. The van der Waals surface area contributed by atoms with Gasteiger partial charge in [0.15, 0.2) is 5.76 Å². The smallest absolute Gasteiger partial charge is 0.339 e. The summed E-state index contributed by atoms with van der Waals surface area (Å²) in [4.78, 5) is 37.3. The van der Waals surface area contributed by atoms with E-state index in [-0.39, 0.29) is 23.3 Å². The molecule has 0 bridgehead atoms. The van der Waals surface area contributed by atoms with Crippen molar-refractivity contribution in [3.05, 3.63) is 89.9 Å². The molecule has 2 amide bonds. The van der Waals surface area contributed by atoms with Crippen molar-refractivity contribution in [2.45, 2.75) is 25.0 Å². The number of hydrogen-bond donors (Lipinski definition) is 2. The molecule has 2 aromatic carbocycles. The van der Waals surface area contributed by atoms with E-state index < -0.39 is 18.0 Å². The summed E-state index contributed by atoms with van der Waals surface area (Å²) >= 11 is 0. The second-order valence-corrected chi connectivity index (χ2v) is 6.99. The minimum atomic E-state index is -1.03. The van der Waals surface area contributed by atoms with Crippen LogP contribution in [0.1, 0.15) is 45.4 Å². The van der Waals surface area contributed by atoms with Gasteiger partial charge in [-0.2, -0.15) is 0 Å². The van der Waals surface area contributed by atoms with Crippen LogP contribution in [0.25, 0.3) is 0 Å². The highest BCUT2D eigenvalue weighted by atomic mass is 16.5. The molecule has 0 aliphatic heterocycles. The topological polar surface area (TPSA) is 97.6 Å². The molecule has 2 N–H and O–H groups in total. The Balaban J connectivity index is 1.44. The molecule has 3 aromatic rings. The fourth-order valence-electron chi connectivity index (χ4n) is 2.87. The number of amides is 2. The normalized spacial score (nSPS) is 13.9. The van der Waals surface area contributed by atoms with E-state index in [4.69, 9.17) is 9.15 Å². The van der Waals surface area contributed by atoms with E-state index in [1.807, 2.05) is 6.07 Å². The van der Waals surface area contributed by atoms with Crippen LogP contribution in [-0.4, -0.2) is 23.8 Å². The summed E-state index contributed by atoms with van der Waals surface area (Å²) in [6, 6.07) is 18.5. The first kappa shape index (κ1) is 19.4. The molecule has 0 spiro atoms. The highest BCUT2D eigenvalue weighted by Gasteiger charge is 2.31. The van der Waals surface area contributed by atoms with Crippen LogP contribution in [0.5, 0.6) is 0 Å². The number of anilines is 1. The minimum Gasteiger partial charge on any atom is -0.459 e. The molecular weight excluding hydrogens is 384 g/mol. The SMILES string of the molecule is O=C(O[C@@H](C(=O)NC1CC1)c1ccccc1)c1ccc(NC(=O)c2ccco2)cc1. The molecule has 1 aromatic heterocycles. The number of carbonyl (C=O) groups is 3. The molecule has 0 saturated heterocycles. The molecule has 7 nitrogen and oxygen atoms in total. The maximum Gasteiger partial charge on any atom is 0.339 e. The van der Waals surface area contributed by atoms with Crippen LogP contribution in [0.2, 0.25) is 0 Å². The van der Waals surface area contributed by atoms with E-state index in [0.717, 1.165) is 12.8 Å². The summed E-state index contributed by atoms with van der Waals surface area (Å²) in [7, 11) is 0. The van der Waals surface area contributed by atoms with Crippen molar-refractivity contribution < 1.29 is 23.5 Å². The van der Waals surface area contributed by atoms with Crippen LogP contribution in [0, 0.1) is 0 Å². The Bertz CT molecular complexity index is 1030. The third-order valence-electron chi connectivity index (χ3n) is 4.61. The molecule has 0 unspecified atom stereocenters. The highest BCUT2D eigenvalue weighted by Crippen LogP contribution is 2.24. The van der Waals surface area contributed by atoms with Crippen LogP contribution >= 0.6 is 0 Å². The average molecular weight is 404 g/mol. The Hall–Kier alpha value is -3.87. The lowest BCUT2D eigenvalue weighted by Gasteiger charge is -2.18. The van der Waals surface area contributed by atoms with E-state index in [0.29, 0.717) is 11.3 Å². The summed E-state index contributed by atoms with van der Waals surface area (Å²) in [5.74, 6) is -1.17. The van der Waals surface area contributed by atoms with E-state index in [2.05, 4.69) is 10.6 Å². The summed E-state index contributed by atoms with van der Waals surface area (Å²) < 4.78 is 10.6. The third-order valence-corrected chi connectivity index (χ3v) is 4.61. The molecule has 7 heteroatoms. The standard InChI is InChI=1S/C23H20N2O5/c26-21(19-7-4-14-29-19)24-17-10-8-16(9-11-17)23(28)30-20(15-5-2-1-3-6-15)22(27)25-18-12-13-18/h1-11,14,18,20H,12-13H2,(H,24,26)(H,25,27)/t20-/m1/s1. The molecule has 152 valence electrons. The fourth-order valence-corrected chi connectivity index (χ4v) is 2.87. The van der Waals surface area contributed by atoms with Gasteiger partial charge in [-0.05, 0) is 49.2 Å². The number of rotatable bonds is 7. The Kier molecular flexibility index (Phi) is 5.61. The first-order chi connectivity index (χ1) is 14.6. The zero-order valence-corrected chi connectivity index (χ0v) is 16.0. The van der Waals surface area contributed by atoms with Crippen molar-refractivity contribution in [2.24, 2.45) is 0 Å². The molecule has 1 atom stereocenters. The third kappa shape index (κ3) is 4.75. The van der Waals surface area contributed by atoms with Crippen molar-refractivity contribution in [1.29, 1.82) is 0 Å². The summed E-state index contributed by atoms with van der Waals surface area (Å²) in [6.07, 6.45) is 2.26. The van der Waals surface area contributed by atoms with Gasteiger partial charge in [-0.1, -0.05) is 30.3 Å². The van der Waals surface area contributed by atoms with E-state index in [1.54, 1.807) is 48.5 Å². The van der Waals surface area contributed by atoms with Gasteiger partial charge in [0.25, 0.3) is 11.8 Å². The van der Waals surface area contributed by atoms with Crippen molar-refractivity contribution in [3.63, 3.8) is 0 Å². The lowest BCUT2D eigenvalue weighted by molar-refractivity contribution is -0.130. The van der Waals surface area contributed by atoms with Gasteiger partial charge in [0.05, 0.1) is 11.8 Å². The first-order valence-corrected chi connectivity index (χ1v) is 9.61. The molecule has 1 heterocycles. The van der Waals surface area contributed by atoms with Crippen LogP contribution in [0.4, 0.5) is 5.69 Å². The number of nitrogens with one attached hydrogen (secondary N) is 2. The number of benzene rings is 2. The van der Waals surface area contributed by atoms with Gasteiger partial charge in [-0.15, -0.1) is 0 Å². The second-order valence-electron chi connectivity index (χ2n) is 6.99. The molecule has 4 rings (SSSR count). The van der Waals surface area contributed by atoms with Crippen LogP contribution in [-0.2, 0) is 9.53 Å². The molecule has 0 radical (unpaired) electrons. The Morgan fingerprint density at radius 1 is 0.933 bits per heavy atom. The fraction of sp³-hybridized carbons (Fsp3) is 0.174. The van der Waals surface area contributed by atoms with Crippen molar-refractivity contribution in [3.8, 4) is 0 Å². The van der Waals surface area contributed by atoms with Crippen molar-refractivity contribution in [1.82, 2.24) is 5.32 Å². The largest absolute Gasteiger partial charge is 0.459 e. The zero-order valence-electron chi connectivity index (χ0n) is 16.0. The van der Waals surface area contributed by atoms with Gasteiger partial charge in [0, 0.05) is 17.3 Å². The lowest BCUT2D eigenvalue weighted by atomic mass is 10.1. The van der Waals surface area contributed by atoms with E-state index in [1.165, 1.54) is 18.4 Å². The van der Waals surface area contributed by atoms with Gasteiger partial charge in [-0.25, -0.2) is 4.79 Å². The number of ether oxygens (including phenoxy) is 1. The molecule has 30 heavy (non-hydrogen) atoms. The Morgan fingerprint density at radius 2 is 1.67 bits per heavy atom. The summed E-state index contributed by atoms with van der Waals surface area (Å²) in [5.41, 5.74) is 1.37. The number of hydrogen-bond acceptors (Lipinski definition) is 5. The quantitative estimate of drug-likeness (QED) is 0.585. The van der Waals surface area contributed by atoms with Crippen LogP contribution < -0.4 is 10.6 Å². The second kappa shape index (κ2) is 8.65.